The Kier molecular flexibility index (Phi) is 10.7. The summed E-state index contributed by atoms with van der Waals surface area (Å²) in [7, 11) is 0. The Hall–Kier alpha value is -2.17. The first-order chi connectivity index (χ1) is 12.8. The van der Waals surface area contributed by atoms with Crippen LogP contribution in [0.4, 0.5) is 0 Å². The number of nitrogens with one attached hydrogen (secondary N) is 1. The minimum absolute atomic E-state index is 0.0780. The molecule has 1 aliphatic rings. The molecule has 0 aliphatic carbocycles. The van der Waals surface area contributed by atoms with Gasteiger partial charge in [0.05, 0.1) is 0 Å². The summed E-state index contributed by atoms with van der Waals surface area (Å²) in [5.41, 5.74) is 3.62. The van der Waals surface area contributed by atoms with Gasteiger partial charge in [-0.25, -0.2) is 0 Å². The molecule has 0 saturated heterocycles. The van der Waals surface area contributed by atoms with Crippen molar-refractivity contribution >= 4 is 17.7 Å². The summed E-state index contributed by atoms with van der Waals surface area (Å²) in [4.78, 5) is 35.9. The second kappa shape index (κ2) is 11.6. The Bertz CT molecular complexity index is 645. The molecule has 28 heavy (non-hydrogen) atoms. The number of carbonyl (C=O) groups excluding carboxylic acids is 3. The van der Waals surface area contributed by atoms with Crippen LogP contribution in [0.2, 0.25) is 0 Å². The lowest BCUT2D eigenvalue weighted by atomic mass is 9.85. The second-order valence-corrected chi connectivity index (χ2v) is 8.45. The van der Waals surface area contributed by atoms with Crippen LogP contribution in [0.5, 0.6) is 0 Å². The SMILES string of the molecule is C/C=C(\C)CC(C)(C)C(=O)NCCN1C(=O)C=CC1=O.CC(C)=C(C)C(C)C. The first kappa shape index (κ1) is 25.8. The van der Waals surface area contributed by atoms with Gasteiger partial charge in [-0.1, -0.05) is 50.5 Å². The van der Waals surface area contributed by atoms with E-state index in [9.17, 15) is 14.4 Å². The topological polar surface area (TPSA) is 66.5 Å². The highest BCUT2D eigenvalue weighted by Gasteiger charge is 2.28. The average Bonchev–Trinajstić information content (AvgIpc) is 2.92. The van der Waals surface area contributed by atoms with Gasteiger partial charge >= 0.3 is 0 Å². The van der Waals surface area contributed by atoms with Gasteiger partial charge in [0.15, 0.2) is 0 Å². The maximum Gasteiger partial charge on any atom is 0.253 e. The Balaban J connectivity index is 0.000000769. The highest BCUT2D eigenvalue weighted by molar-refractivity contribution is 6.12. The predicted octanol–water partition coefficient (Wildman–Crippen LogP) is 4.41. The number of carbonyl (C=O) groups is 3. The molecule has 1 N–H and O–H groups in total. The van der Waals surface area contributed by atoms with E-state index in [0.29, 0.717) is 6.42 Å². The van der Waals surface area contributed by atoms with Crippen LogP contribution < -0.4 is 5.32 Å². The van der Waals surface area contributed by atoms with Crippen molar-refractivity contribution < 1.29 is 14.4 Å². The molecule has 0 atom stereocenters. The summed E-state index contributed by atoms with van der Waals surface area (Å²) in [6, 6.07) is 0. The molecule has 1 aliphatic heterocycles. The largest absolute Gasteiger partial charge is 0.354 e. The highest BCUT2D eigenvalue weighted by atomic mass is 16.2. The van der Waals surface area contributed by atoms with E-state index in [0.717, 1.165) is 16.4 Å². The van der Waals surface area contributed by atoms with Crippen LogP contribution in [0.25, 0.3) is 0 Å². The maximum atomic E-state index is 12.1. The van der Waals surface area contributed by atoms with Gasteiger partial charge < -0.3 is 5.32 Å². The molecule has 3 amide bonds. The van der Waals surface area contributed by atoms with E-state index in [1.165, 1.54) is 23.3 Å². The van der Waals surface area contributed by atoms with Crippen molar-refractivity contribution in [3.05, 3.63) is 34.9 Å². The number of imide groups is 1. The molecule has 0 spiro atoms. The van der Waals surface area contributed by atoms with Gasteiger partial charge in [-0.05, 0) is 47.0 Å². The Morgan fingerprint density at radius 2 is 1.61 bits per heavy atom. The number of rotatable bonds is 7. The molecule has 158 valence electrons. The molecule has 5 heteroatoms. The zero-order chi connectivity index (χ0) is 22.1. The monoisotopic (exact) mass is 390 g/mol. The summed E-state index contributed by atoms with van der Waals surface area (Å²) in [5, 5.41) is 2.78. The van der Waals surface area contributed by atoms with Crippen molar-refractivity contribution in [2.75, 3.05) is 13.1 Å². The van der Waals surface area contributed by atoms with Crippen LogP contribution in [0.3, 0.4) is 0 Å². The van der Waals surface area contributed by atoms with Crippen molar-refractivity contribution in [3.8, 4) is 0 Å². The van der Waals surface area contributed by atoms with Crippen LogP contribution in [0.1, 0.15) is 68.7 Å². The molecule has 0 aromatic rings. The van der Waals surface area contributed by atoms with E-state index in [-0.39, 0.29) is 30.8 Å². The van der Waals surface area contributed by atoms with Crippen molar-refractivity contribution in [2.45, 2.75) is 68.7 Å². The van der Waals surface area contributed by atoms with E-state index < -0.39 is 5.41 Å². The molecule has 0 saturated carbocycles. The smallest absolute Gasteiger partial charge is 0.253 e. The molecule has 5 nitrogen and oxygen atoms in total. The first-order valence-corrected chi connectivity index (χ1v) is 9.91. The normalized spacial score (nSPS) is 14.2. The van der Waals surface area contributed by atoms with E-state index in [2.05, 4.69) is 39.9 Å². The van der Waals surface area contributed by atoms with Gasteiger partial charge in [0.2, 0.25) is 5.91 Å². The summed E-state index contributed by atoms with van der Waals surface area (Å²) in [6.45, 7) is 19.1. The van der Waals surface area contributed by atoms with Gasteiger partial charge in [0.1, 0.15) is 0 Å². The van der Waals surface area contributed by atoms with Gasteiger partial charge in [-0.2, -0.15) is 0 Å². The van der Waals surface area contributed by atoms with E-state index in [4.69, 9.17) is 0 Å². The second-order valence-electron chi connectivity index (χ2n) is 8.45. The number of hydrogen-bond acceptors (Lipinski definition) is 3. The lowest BCUT2D eigenvalue weighted by molar-refractivity contribution is -0.137. The Morgan fingerprint density at radius 3 is 1.96 bits per heavy atom. The lowest BCUT2D eigenvalue weighted by Gasteiger charge is -2.24. The van der Waals surface area contributed by atoms with Gasteiger partial charge in [0, 0.05) is 30.7 Å². The summed E-state index contributed by atoms with van der Waals surface area (Å²) < 4.78 is 0. The highest BCUT2D eigenvalue weighted by Crippen LogP contribution is 2.25. The third-order valence-corrected chi connectivity index (χ3v) is 5.00. The van der Waals surface area contributed by atoms with E-state index in [1.807, 2.05) is 33.8 Å². The molecule has 1 heterocycles. The van der Waals surface area contributed by atoms with Crippen LogP contribution in [0.15, 0.2) is 34.9 Å². The van der Waals surface area contributed by atoms with Crippen molar-refractivity contribution in [1.29, 1.82) is 0 Å². The zero-order valence-electron chi connectivity index (χ0n) is 19.1. The summed E-state index contributed by atoms with van der Waals surface area (Å²) in [6.07, 6.45) is 5.15. The van der Waals surface area contributed by atoms with Gasteiger partial charge in [-0.3, -0.25) is 19.3 Å². The molecule has 0 aromatic heterocycles. The average molecular weight is 391 g/mol. The van der Waals surface area contributed by atoms with Crippen LogP contribution in [-0.2, 0) is 14.4 Å². The van der Waals surface area contributed by atoms with E-state index >= 15 is 0 Å². The standard InChI is InChI=1S/C15H22N2O3.C8H16/c1-5-11(2)10-15(3,4)14(20)16-8-9-17-12(18)6-7-13(17)19;1-6(2)8(5)7(3)4/h5-7H,8-10H2,1-4H3,(H,16,20);6H,1-5H3/b11-5+;. The fraction of sp³-hybridized carbons (Fsp3) is 0.609. The van der Waals surface area contributed by atoms with Crippen LogP contribution in [-0.4, -0.2) is 35.7 Å². The zero-order valence-corrected chi connectivity index (χ0v) is 19.1. The van der Waals surface area contributed by atoms with Crippen molar-refractivity contribution in [3.63, 3.8) is 0 Å². The van der Waals surface area contributed by atoms with E-state index in [1.54, 1.807) is 0 Å². The lowest BCUT2D eigenvalue weighted by Crippen LogP contribution is -2.42. The minimum Gasteiger partial charge on any atom is -0.354 e. The first-order valence-electron chi connectivity index (χ1n) is 9.91. The van der Waals surface area contributed by atoms with Gasteiger partial charge in [-0.15, -0.1) is 0 Å². The predicted molar refractivity (Wildman–Crippen MR) is 116 cm³/mol. The van der Waals surface area contributed by atoms with Crippen LogP contribution >= 0.6 is 0 Å². The van der Waals surface area contributed by atoms with Gasteiger partial charge in [0.25, 0.3) is 11.8 Å². The third-order valence-electron chi connectivity index (χ3n) is 5.00. The Morgan fingerprint density at radius 1 is 1.11 bits per heavy atom. The number of hydrogen-bond donors (Lipinski definition) is 1. The number of nitrogens with zero attached hydrogens (tertiary/aromatic N) is 1. The summed E-state index contributed by atoms with van der Waals surface area (Å²) >= 11 is 0. The molecule has 0 bridgehead atoms. The molecule has 1 rings (SSSR count). The fourth-order valence-corrected chi connectivity index (χ4v) is 2.63. The Labute approximate surface area is 170 Å². The molecular weight excluding hydrogens is 352 g/mol. The number of amides is 3. The van der Waals surface area contributed by atoms with Crippen molar-refractivity contribution in [1.82, 2.24) is 10.2 Å². The molecule has 0 fully saturated rings. The van der Waals surface area contributed by atoms with Crippen LogP contribution in [0, 0.1) is 11.3 Å². The summed E-state index contributed by atoms with van der Waals surface area (Å²) in [5.74, 6) is -0.00714. The molecular formula is C23H38N2O3. The number of allylic oxidation sites excluding steroid dienone is 4. The molecule has 0 aromatic carbocycles. The van der Waals surface area contributed by atoms with Crippen molar-refractivity contribution in [2.24, 2.45) is 11.3 Å². The maximum absolute atomic E-state index is 12.1. The quantitative estimate of drug-likeness (QED) is 0.517. The third kappa shape index (κ3) is 8.68. The minimum atomic E-state index is -0.506. The fourth-order valence-electron chi connectivity index (χ4n) is 2.63. The molecule has 0 unspecified atom stereocenters. The molecule has 0 radical (unpaired) electrons.